The molecule has 8 nitrogen and oxygen atoms in total. The summed E-state index contributed by atoms with van der Waals surface area (Å²) in [5, 5.41) is 22.3. The Morgan fingerprint density at radius 2 is 1.63 bits per heavy atom. The van der Waals surface area contributed by atoms with Crippen molar-refractivity contribution in [3.8, 4) is 22.4 Å². The van der Waals surface area contributed by atoms with Crippen LogP contribution in [0.1, 0.15) is 53.9 Å². The molecule has 4 aromatic rings. The standard InChI is InChI=1S/C33H35N3O5/c37-33(38)27-13-14-29-30(22-27)35(16-15-34-17-19-41-20-18-34)32(31(29)24-5-2-1-3-6-24)25-11-9-23(10-12-25)26-7-4-8-28(21-26)36(39)40/h4,7-14,21-22,24H,1-3,5-6,15-20H2,(H,37,38). The van der Waals surface area contributed by atoms with Crippen LogP contribution in [0.15, 0.2) is 66.7 Å². The molecule has 1 aliphatic heterocycles. The molecule has 0 atom stereocenters. The minimum Gasteiger partial charge on any atom is -0.478 e. The minimum absolute atomic E-state index is 0.0728. The first kappa shape index (κ1) is 27.2. The van der Waals surface area contributed by atoms with Gasteiger partial charge >= 0.3 is 5.97 Å². The lowest BCUT2D eigenvalue weighted by Gasteiger charge is -2.27. The van der Waals surface area contributed by atoms with Crippen molar-refractivity contribution < 1.29 is 19.6 Å². The molecular weight excluding hydrogens is 518 g/mol. The number of rotatable bonds is 8. The summed E-state index contributed by atoms with van der Waals surface area (Å²) in [7, 11) is 0. The Hall–Kier alpha value is -4.01. The molecule has 1 saturated heterocycles. The average Bonchev–Trinajstić information content (AvgIpc) is 3.34. The summed E-state index contributed by atoms with van der Waals surface area (Å²) in [5.74, 6) is -0.507. The molecule has 2 heterocycles. The maximum absolute atomic E-state index is 12.0. The third-order valence-corrected chi connectivity index (χ3v) is 8.66. The van der Waals surface area contributed by atoms with E-state index < -0.39 is 5.97 Å². The van der Waals surface area contributed by atoms with E-state index in [1.165, 1.54) is 30.9 Å². The molecule has 41 heavy (non-hydrogen) atoms. The van der Waals surface area contributed by atoms with Gasteiger partial charge in [-0.25, -0.2) is 4.79 Å². The number of fused-ring (bicyclic) bond motifs is 1. The van der Waals surface area contributed by atoms with Gasteiger partial charge in [-0.2, -0.15) is 0 Å². The number of aromatic nitrogens is 1. The number of carbonyl (C=O) groups is 1. The van der Waals surface area contributed by atoms with E-state index in [1.807, 2.05) is 30.3 Å². The second kappa shape index (κ2) is 11.8. The summed E-state index contributed by atoms with van der Waals surface area (Å²) in [6, 6.07) is 20.6. The Bertz CT molecular complexity index is 1560. The summed E-state index contributed by atoms with van der Waals surface area (Å²) < 4.78 is 7.89. The predicted molar refractivity (Wildman–Crippen MR) is 160 cm³/mol. The zero-order chi connectivity index (χ0) is 28.3. The molecular formula is C33H35N3O5. The number of carboxylic acids is 1. The average molecular weight is 554 g/mol. The zero-order valence-electron chi connectivity index (χ0n) is 23.1. The normalized spacial score (nSPS) is 16.7. The molecule has 1 aliphatic carbocycles. The van der Waals surface area contributed by atoms with Gasteiger partial charge in [-0.3, -0.25) is 15.0 Å². The van der Waals surface area contributed by atoms with Crippen LogP contribution in [0, 0.1) is 10.1 Å². The summed E-state index contributed by atoms with van der Waals surface area (Å²) in [6.45, 7) is 4.84. The number of ether oxygens (including phenoxy) is 1. The van der Waals surface area contributed by atoms with E-state index in [0.717, 1.165) is 85.5 Å². The fourth-order valence-corrected chi connectivity index (χ4v) is 6.54. The van der Waals surface area contributed by atoms with E-state index in [0.29, 0.717) is 11.5 Å². The maximum atomic E-state index is 12.0. The van der Waals surface area contributed by atoms with Crippen molar-refractivity contribution >= 4 is 22.6 Å². The number of non-ortho nitro benzene ring substituents is 1. The fraction of sp³-hybridized carbons (Fsp3) is 0.364. The molecule has 1 N–H and O–H groups in total. The monoisotopic (exact) mass is 553 g/mol. The van der Waals surface area contributed by atoms with Gasteiger partial charge in [-0.05, 0) is 53.1 Å². The molecule has 1 aromatic heterocycles. The van der Waals surface area contributed by atoms with Crippen LogP contribution < -0.4 is 0 Å². The third-order valence-electron chi connectivity index (χ3n) is 8.66. The Labute approximate surface area is 239 Å². The third kappa shape index (κ3) is 5.62. The number of carboxylic acid groups (broad SMARTS) is 1. The van der Waals surface area contributed by atoms with Gasteiger partial charge < -0.3 is 14.4 Å². The second-order valence-corrected chi connectivity index (χ2v) is 11.1. The van der Waals surface area contributed by atoms with Crippen LogP contribution >= 0.6 is 0 Å². The quantitative estimate of drug-likeness (QED) is 0.187. The van der Waals surface area contributed by atoms with Crippen molar-refractivity contribution in [1.82, 2.24) is 9.47 Å². The largest absolute Gasteiger partial charge is 0.478 e. The lowest BCUT2D eigenvalue weighted by Crippen LogP contribution is -2.38. The number of nitrogens with zero attached hydrogens (tertiary/aromatic N) is 3. The van der Waals surface area contributed by atoms with E-state index in [-0.39, 0.29) is 10.6 Å². The van der Waals surface area contributed by atoms with Gasteiger partial charge in [-0.15, -0.1) is 0 Å². The highest BCUT2D eigenvalue weighted by atomic mass is 16.6. The number of hydrogen-bond acceptors (Lipinski definition) is 5. The zero-order valence-corrected chi connectivity index (χ0v) is 23.1. The summed E-state index contributed by atoms with van der Waals surface area (Å²) in [5.41, 5.74) is 6.62. The van der Waals surface area contributed by atoms with E-state index in [2.05, 4.69) is 21.6 Å². The molecule has 212 valence electrons. The highest BCUT2D eigenvalue weighted by Gasteiger charge is 2.27. The first-order valence-corrected chi connectivity index (χ1v) is 14.5. The van der Waals surface area contributed by atoms with Gasteiger partial charge in [0, 0.05) is 49.2 Å². The summed E-state index contributed by atoms with van der Waals surface area (Å²) in [6.07, 6.45) is 5.90. The number of hydrogen-bond donors (Lipinski definition) is 1. The van der Waals surface area contributed by atoms with Gasteiger partial charge in [0.2, 0.25) is 0 Å². The molecule has 2 fully saturated rings. The van der Waals surface area contributed by atoms with Gasteiger partial charge in [0.15, 0.2) is 0 Å². The first-order valence-electron chi connectivity index (χ1n) is 14.5. The molecule has 0 spiro atoms. The van der Waals surface area contributed by atoms with Crippen molar-refractivity contribution in [2.75, 3.05) is 32.8 Å². The van der Waals surface area contributed by atoms with Crippen molar-refractivity contribution in [2.24, 2.45) is 0 Å². The predicted octanol–water partition coefficient (Wildman–Crippen LogP) is 6.96. The summed E-state index contributed by atoms with van der Waals surface area (Å²) >= 11 is 0. The van der Waals surface area contributed by atoms with Crippen LogP contribution in [0.4, 0.5) is 5.69 Å². The SMILES string of the molecule is O=C(O)c1ccc2c(C3CCCCC3)c(-c3ccc(-c4cccc([N+](=O)[O-])c4)cc3)n(CCN3CCOCC3)c2c1. The lowest BCUT2D eigenvalue weighted by atomic mass is 9.81. The van der Waals surface area contributed by atoms with E-state index >= 15 is 0 Å². The van der Waals surface area contributed by atoms with Gasteiger partial charge in [-0.1, -0.05) is 61.7 Å². The van der Waals surface area contributed by atoms with Crippen molar-refractivity contribution in [2.45, 2.75) is 44.6 Å². The second-order valence-electron chi connectivity index (χ2n) is 11.1. The van der Waals surface area contributed by atoms with Crippen LogP contribution in [0.25, 0.3) is 33.3 Å². The molecule has 8 heteroatoms. The molecule has 1 saturated carbocycles. The van der Waals surface area contributed by atoms with Crippen LogP contribution in [0.3, 0.4) is 0 Å². The summed E-state index contributed by atoms with van der Waals surface area (Å²) in [4.78, 5) is 25.4. The Kier molecular flexibility index (Phi) is 7.85. The van der Waals surface area contributed by atoms with Crippen molar-refractivity contribution in [3.63, 3.8) is 0 Å². The lowest BCUT2D eigenvalue weighted by molar-refractivity contribution is -0.384. The van der Waals surface area contributed by atoms with E-state index in [9.17, 15) is 20.0 Å². The number of nitro benzene ring substituents is 1. The van der Waals surface area contributed by atoms with Crippen LogP contribution in [-0.2, 0) is 11.3 Å². The smallest absolute Gasteiger partial charge is 0.335 e. The molecule has 3 aromatic carbocycles. The van der Waals surface area contributed by atoms with Crippen molar-refractivity contribution in [3.05, 3.63) is 88.0 Å². The maximum Gasteiger partial charge on any atom is 0.335 e. The number of aromatic carboxylic acids is 1. The fourth-order valence-electron chi connectivity index (χ4n) is 6.54. The van der Waals surface area contributed by atoms with Crippen LogP contribution in [0.5, 0.6) is 0 Å². The molecule has 0 radical (unpaired) electrons. The minimum atomic E-state index is -0.921. The topological polar surface area (TPSA) is 97.8 Å². The Balaban J connectivity index is 1.48. The van der Waals surface area contributed by atoms with Crippen LogP contribution in [-0.4, -0.2) is 58.3 Å². The molecule has 0 unspecified atom stereocenters. The molecule has 0 bridgehead atoms. The molecule has 6 rings (SSSR count). The first-order chi connectivity index (χ1) is 20.0. The highest BCUT2D eigenvalue weighted by Crippen LogP contribution is 2.44. The van der Waals surface area contributed by atoms with Crippen LogP contribution in [0.2, 0.25) is 0 Å². The highest BCUT2D eigenvalue weighted by molar-refractivity contribution is 5.98. The van der Waals surface area contributed by atoms with E-state index in [4.69, 9.17) is 4.74 Å². The Morgan fingerprint density at radius 1 is 0.902 bits per heavy atom. The van der Waals surface area contributed by atoms with E-state index in [1.54, 1.807) is 18.2 Å². The number of benzene rings is 3. The molecule has 0 amide bonds. The van der Waals surface area contributed by atoms with Gasteiger partial charge in [0.05, 0.1) is 29.4 Å². The Morgan fingerprint density at radius 3 is 2.34 bits per heavy atom. The molecule has 2 aliphatic rings. The number of nitro groups is 1. The number of morpholine rings is 1. The van der Waals surface area contributed by atoms with Gasteiger partial charge in [0.1, 0.15) is 0 Å². The van der Waals surface area contributed by atoms with Crippen molar-refractivity contribution in [1.29, 1.82) is 0 Å². The van der Waals surface area contributed by atoms with Gasteiger partial charge in [0.25, 0.3) is 5.69 Å².